The Balaban J connectivity index is 2.35. The zero-order valence-electron chi connectivity index (χ0n) is 6.35. The summed E-state index contributed by atoms with van der Waals surface area (Å²) in [6, 6.07) is 0. The van der Waals surface area contributed by atoms with E-state index in [1.54, 1.807) is 0 Å². The minimum Gasteiger partial charge on any atom is -0.278 e. The van der Waals surface area contributed by atoms with Crippen LogP contribution in [0.2, 0.25) is 0 Å². The molecule has 1 nitrogen and oxygen atoms in total. The average molecular weight is 181 g/mol. The molecule has 1 aliphatic rings. The minimum atomic E-state index is -1.54. The van der Waals surface area contributed by atoms with Crippen LogP contribution in [0.15, 0.2) is 0 Å². The average Bonchev–Trinajstić information content (AvgIpc) is 2.06. The molecule has 0 unspecified atom stereocenters. The molecule has 2 N–H and O–H groups in total. The fraction of sp³-hybridized carbons (Fsp3) is 1.00. The van der Waals surface area contributed by atoms with Gasteiger partial charge < -0.3 is 0 Å². The van der Waals surface area contributed by atoms with Crippen LogP contribution in [-0.4, -0.2) is 17.6 Å². The molecule has 4 heteroatoms. The van der Waals surface area contributed by atoms with Crippen LogP contribution in [0.5, 0.6) is 0 Å². The Morgan fingerprint density at radius 1 is 1.45 bits per heavy atom. The predicted octanol–water partition coefficient (Wildman–Crippen LogP) is 2.21. The first-order chi connectivity index (χ1) is 5.20. The minimum absolute atomic E-state index is 0.332. The number of rotatable bonds is 2. The Hall–Kier alpha value is 0.170. The fourth-order valence-corrected chi connectivity index (χ4v) is 1.89. The Kier molecular flexibility index (Phi) is 3.13. The molecular weight excluding hydrogens is 168 g/mol. The highest BCUT2D eigenvalue weighted by molar-refractivity contribution is 7.97. The molecule has 0 aliphatic heterocycles. The van der Waals surface area contributed by atoms with Gasteiger partial charge in [-0.15, -0.1) is 0 Å². The second-order valence-corrected chi connectivity index (χ2v) is 4.06. The van der Waals surface area contributed by atoms with Crippen LogP contribution in [0.25, 0.3) is 0 Å². The molecule has 0 radical (unpaired) electrons. The molecule has 0 aromatic carbocycles. The van der Waals surface area contributed by atoms with Gasteiger partial charge >= 0.3 is 0 Å². The summed E-state index contributed by atoms with van der Waals surface area (Å²) in [5.74, 6) is 0. The zero-order valence-corrected chi connectivity index (χ0v) is 7.17. The summed E-state index contributed by atoms with van der Waals surface area (Å²) in [6.07, 6.45) is 2.08. The van der Waals surface area contributed by atoms with E-state index in [0.29, 0.717) is 30.9 Å². The Bertz CT molecular complexity index is 124. The van der Waals surface area contributed by atoms with Gasteiger partial charge in [0.2, 0.25) is 0 Å². The maximum atomic E-state index is 13.2. The van der Waals surface area contributed by atoms with E-state index >= 15 is 0 Å². The third-order valence-corrected chi connectivity index (χ3v) is 3.12. The van der Waals surface area contributed by atoms with Gasteiger partial charge in [0.25, 0.3) is 0 Å². The lowest BCUT2D eigenvalue weighted by Gasteiger charge is -2.30. The van der Waals surface area contributed by atoms with Crippen LogP contribution in [0.1, 0.15) is 25.7 Å². The van der Waals surface area contributed by atoms with Crippen LogP contribution in [0.4, 0.5) is 8.78 Å². The molecule has 66 valence electrons. The molecular formula is C7H13F2NS. The van der Waals surface area contributed by atoms with E-state index in [0.717, 1.165) is 0 Å². The van der Waals surface area contributed by atoms with Crippen molar-refractivity contribution in [2.75, 3.05) is 6.67 Å². The van der Waals surface area contributed by atoms with Crippen molar-refractivity contribution in [3.8, 4) is 0 Å². The van der Waals surface area contributed by atoms with Gasteiger partial charge in [-0.2, -0.15) is 0 Å². The molecule has 11 heavy (non-hydrogen) atoms. The standard InChI is InChI=1S/C7H13F2NS/c8-5-7(9)3-1-6(11-10)2-4-7/h6H,1-5,10H2. The lowest BCUT2D eigenvalue weighted by atomic mass is 9.87. The predicted molar refractivity (Wildman–Crippen MR) is 43.8 cm³/mol. The van der Waals surface area contributed by atoms with Crippen molar-refractivity contribution < 1.29 is 8.78 Å². The van der Waals surface area contributed by atoms with E-state index in [1.807, 2.05) is 0 Å². The van der Waals surface area contributed by atoms with Gasteiger partial charge in [-0.1, -0.05) is 11.9 Å². The van der Waals surface area contributed by atoms with Crippen molar-refractivity contribution >= 4 is 11.9 Å². The van der Waals surface area contributed by atoms with E-state index in [9.17, 15) is 8.78 Å². The first kappa shape index (κ1) is 9.26. The molecule has 0 atom stereocenters. The third-order valence-electron chi connectivity index (χ3n) is 2.26. The molecule has 0 heterocycles. The zero-order chi connectivity index (χ0) is 8.32. The number of alkyl halides is 2. The van der Waals surface area contributed by atoms with Gasteiger partial charge in [-0.3, -0.25) is 5.14 Å². The van der Waals surface area contributed by atoms with Crippen molar-refractivity contribution in [1.82, 2.24) is 0 Å². The van der Waals surface area contributed by atoms with Gasteiger partial charge in [0.1, 0.15) is 12.3 Å². The van der Waals surface area contributed by atoms with Gasteiger partial charge in [0.05, 0.1) is 0 Å². The van der Waals surface area contributed by atoms with Crippen LogP contribution >= 0.6 is 11.9 Å². The van der Waals surface area contributed by atoms with Gasteiger partial charge in [-0.25, -0.2) is 8.78 Å². The van der Waals surface area contributed by atoms with Crippen molar-refractivity contribution in [2.45, 2.75) is 36.6 Å². The van der Waals surface area contributed by atoms with Gasteiger partial charge in [-0.05, 0) is 25.7 Å². The maximum Gasteiger partial charge on any atom is 0.139 e. The van der Waals surface area contributed by atoms with Crippen LogP contribution in [0, 0.1) is 0 Å². The Labute approximate surface area is 69.9 Å². The number of halogens is 2. The van der Waals surface area contributed by atoms with E-state index < -0.39 is 12.3 Å². The van der Waals surface area contributed by atoms with E-state index in [2.05, 4.69) is 0 Å². The van der Waals surface area contributed by atoms with Crippen molar-refractivity contribution in [3.63, 3.8) is 0 Å². The van der Waals surface area contributed by atoms with Crippen LogP contribution in [-0.2, 0) is 0 Å². The first-order valence-electron chi connectivity index (χ1n) is 3.80. The van der Waals surface area contributed by atoms with Crippen LogP contribution in [0.3, 0.4) is 0 Å². The Morgan fingerprint density at radius 3 is 2.36 bits per heavy atom. The van der Waals surface area contributed by atoms with Crippen LogP contribution < -0.4 is 5.14 Å². The van der Waals surface area contributed by atoms with Gasteiger partial charge in [0, 0.05) is 5.25 Å². The molecule has 0 aromatic heterocycles. The molecule has 0 saturated heterocycles. The monoisotopic (exact) mass is 181 g/mol. The summed E-state index contributed by atoms with van der Waals surface area (Å²) in [4.78, 5) is 0. The number of nitrogens with two attached hydrogens (primary N) is 1. The van der Waals surface area contributed by atoms with Crippen molar-refractivity contribution in [2.24, 2.45) is 5.14 Å². The fourth-order valence-electron chi connectivity index (χ4n) is 1.38. The number of hydrogen-bond acceptors (Lipinski definition) is 2. The molecule has 0 aromatic rings. The largest absolute Gasteiger partial charge is 0.278 e. The van der Waals surface area contributed by atoms with E-state index in [4.69, 9.17) is 5.14 Å². The maximum absolute atomic E-state index is 13.2. The van der Waals surface area contributed by atoms with Gasteiger partial charge in [0.15, 0.2) is 0 Å². The highest BCUT2D eigenvalue weighted by Crippen LogP contribution is 2.35. The van der Waals surface area contributed by atoms with E-state index in [-0.39, 0.29) is 0 Å². The lowest BCUT2D eigenvalue weighted by molar-refractivity contribution is 0.0766. The molecule has 1 aliphatic carbocycles. The first-order valence-corrected chi connectivity index (χ1v) is 4.75. The highest BCUT2D eigenvalue weighted by atomic mass is 32.2. The topological polar surface area (TPSA) is 26.0 Å². The SMILES string of the molecule is NSC1CCC(F)(CF)CC1. The molecule has 0 spiro atoms. The molecule has 1 fully saturated rings. The Morgan fingerprint density at radius 2 is 2.00 bits per heavy atom. The van der Waals surface area contributed by atoms with Crippen molar-refractivity contribution in [1.29, 1.82) is 0 Å². The second kappa shape index (κ2) is 3.72. The normalized spacial score (nSPS) is 39.0. The summed E-state index contributed by atoms with van der Waals surface area (Å²) < 4.78 is 25.3. The molecule has 0 amide bonds. The van der Waals surface area contributed by atoms with Crippen molar-refractivity contribution in [3.05, 3.63) is 0 Å². The molecule has 1 saturated carbocycles. The van der Waals surface area contributed by atoms with E-state index in [1.165, 1.54) is 11.9 Å². The highest BCUT2D eigenvalue weighted by Gasteiger charge is 2.35. The summed E-state index contributed by atoms with van der Waals surface area (Å²) in [5.41, 5.74) is -1.54. The second-order valence-electron chi connectivity index (χ2n) is 3.12. The quantitative estimate of drug-likeness (QED) is 0.661. The smallest absolute Gasteiger partial charge is 0.139 e. The summed E-state index contributed by atoms with van der Waals surface area (Å²) in [5, 5.41) is 5.67. The molecule has 0 bridgehead atoms. The summed E-state index contributed by atoms with van der Waals surface area (Å²) in [7, 11) is 0. The number of hydrogen-bond donors (Lipinski definition) is 1. The lowest BCUT2D eigenvalue weighted by Crippen LogP contribution is -2.32. The summed E-state index contributed by atoms with van der Waals surface area (Å²) in [6.45, 7) is -0.838. The third kappa shape index (κ3) is 2.30. The molecule has 1 rings (SSSR count). The summed E-state index contributed by atoms with van der Waals surface area (Å²) >= 11 is 1.27.